The van der Waals surface area contributed by atoms with Crippen molar-refractivity contribution in [2.24, 2.45) is 0 Å². The molecule has 100 valence electrons. The number of carbonyl (C=O) groups is 1. The molecule has 0 spiro atoms. The molecule has 0 aliphatic carbocycles. The monoisotopic (exact) mass is 280 g/mol. The zero-order valence-corrected chi connectivity index (χ0v) is 11.2. The number of benzene rings is 1. The Hall–Kier alpha value is -2.14. The maximum Gasteiger partial charge on any atom is 0.272 e. The molecule has 0 aliphatic rings. The molecule has 0 radical (unpaired) electrons. The van der Waals surface area contributed by atoms with E-state index in [1.807, 2.05) is 0 Å². The first-order valence-corrected chi connectivity index (χ1v) is 5.89. The van der Waals surface area contributed by atoms with Crippen molar-refractivity contribution in [1.29, 1.82) is 0 Å². The van der Waals surface area contributed by atoms with Crippen LogP contribution in [0, 0.1) is 0 Å². The summed E-state index contributed by atoms with van der Waals surface area (Å²) < 4.78 is 10.3. The molecule has 0 fully saturated rings. The number of rotatable bonds is 4. The van der Waals surface area contributed by atoms with Crippen LogP contribution in [-0.2, 0) is 0 Å². The SMILES string of the molecule is COc1ccc(OC)c(NC(=O)c2cc(Cl)c[nH]2)c1. The molecule has 19 heavy (non-hydrogen) atoms. The van der Waals surface area contributed by atoms with Crippen molar-refractivity contribution in [2.75, 3.05) is 19.5 Å². The number of aromatic nitrogens is 1. The van der Waals surface area contributed by atoms with Crippen LogP contribution in [0.4, 0.5) is 5.69 Å². The third kappa shape index (κ3) is 3.00. The lowest BCUT2D eigenvalue weighted by Crippen LogP contribution is -2.13. The van der Waals surface area contributed by atoms with Gasteiger partial charge in [0.1, 0.15) is 17.2 Å². The van der Waals surface area contributed by atoms with Crippen LogP contribution < -0.4 is 14.8 Å². The van der Waals surface area contributed by atoms with Gasteiger partial charge in [-0.05, 0) is 18.2 Å². The van der Waals surface area contributed by atoms with E-state index in [4.69, 9.17) is 21.1 Å². The number of carbonyl (C=O) groups excluding carboxylic acids is 1. The van der Waals surface area contributed by atoms with Crippen LogP contribution in [0.2, 0.25) is 5.02 Å². The number of halogens is 1. The summed E-state index contributed by atoms with van der Waals surface area (Å²) in [6.07, 6.45) is 1.54. The minimum Gasteiger partial charge on any atom is -0.497 e. The van der Waals surface area contributed by atoms with Crippen molar-refractivity contribution in [1.82, 2.24) is 4.98 Å². The van der Waals surface area contributed by atoms with E-state index in [1.165, 1.54) is 7.11 Å². The van der Waals surface area contributed by atoms with Crippen LogP contribution in [-0.4, -0.2) is 25.1 Å². The number of nitrogens with one attached hydrogen (secondary N) is 2. The fraction of sp³-hybridized carbons (Fsp3) is 0.154. The highest BCUT2D eigenvalue weighted by Crippen LogP contribution is 2.29. The molecule has 1 aromatic carbocycles. The molecule has 0 saturated carbocycles. The van der Waals surface area contributed by atoms with E-state index in [0.29, 0.717) is 27.9 Å². The number of ether oxygens (including phenoxy) is 2. The van der Waals surface area contributed by atoms with Gasteiger partial charge in [-0.3, -0.25) is 4.79 Å². The highest BCUT2D eigenvalue weighted by atomic mass is 35.5. The number of hydrogen-bond donors (Lipinski definition) is 2. The number of aromatic amines is 1. The van der Waals surface area contributed by atoms with Crippen LogP contribution in [0.25, 0.3) is 0 Å². The highest BCUT2D eigenvalue weighted by molar-refractivity contribution is 6.31. The molecule has 0 atom stereocenters. The van der Waals surface area contributed by atoms with Crippen molar-refractivity contribution >= 4 is 23.2 Å². The lowest BCUT2D eigenvalue weighted by Gasteiger charge is -2.11. The molecule has 1 amide bonds. The standard InChI is InChI=1S/C13H13ClN2O3/c1-18-9-3-4-12(19-2)10(6-9)16-13(17)11-5-8(14)7-15-11/h3-7,15H,1-2H3,(H,16,17). The maximum absolute atomic E-state index is 12.0. The van der Waals surface area contributed by atoms with Gasteiger partial charge in [0.2, 0.25) is 0 Å². The van der Waals surface area contributed by atoms with Gasteiger partial charge in [-0.15, -0.1) is 0 Å². The predicted octanol–water partition coefficient (Wildman–Crippen LogP) is 2.94. The minimum absolute atomic E-state index is 0.307. The van der Waals surface area contributed by atoms with Gasteiger partial charge in [0.15, 0.2) is 0 Å². The molecule has 2 aromatic rings. The Balaban J connectivity index is 2.24. The molecular formula is C13H13ClN2O3. The summed E-state index contributed by atoms with van der Waals surface area (Å²) in [5.74, 6) is 0.867. The summed E-state index contributed by atoms with van der Waals surface area (Å²) in [5.41, 5.74) is 0.896. The molecular weight excluding hydrogens is 268 g/mol. The second kappa shape index (κ2) is 5.67. The first-order chi connectivity index (χ1) is 9.13. The van der Waals surface area contributed by atoms with Gasteiger partial charge in [-0.1, -0.05) is 11.6 Å². The first-order valence-electron chi connectivity index (χ1n) is 5.51. The molecule has 1 aromatic heterocycles. The van der Waals surface area contributed by atoms with Crippen LogP contribution in [0.5, 0.6) is 11.5 Å². The van der Waals surface area contributed by atoms with Gasteiger partial charge >= 0.3 is 0 Å². The maximum atomic E-state index is 12.0. The van der Waals surface area contributed by atoms with Crippen molar-refractivity contribution in [3.63, 3.8) is 0 Å². The van der Waals surface area contributed by atoms with E-state index >= 15 is 0 Å². The normalized spacial score (nSPS) is 10.1. The Morgan fingerprint density at radius 1 is 1.26 bits per heavy atom. The number of methoxy groups -OCH3 is 2. The molecule has 6 heteroatoms. The molecule has 5 nitrogen and oxygen atoms in total. The Morgan fingerprint density at radius 2 is 2.05 bits per heavy atom. The highest BCUT2D eigenvalue weighted by Gasteiger charge is 2.12. The van der Waals surface area contributed by atoms with Gasteiger partial charge in [0, 0.05) is 12.3 Å². The van der Waals surface area contributed by atoms with Gasteiger partial charge in [0.25, 0.3) is 5.91 Å². The molecule has 0 saturated heterocycles. The van der Waals surface area contributed by atoms with E-state index in [2.05, 4.69) is 10.3 Å². The molecule has 0 unspecified atom stereocenters. The molecule has 2 N–H and O–H groups in total. The largest absolute Gasteiger partial charge is 0.497 e. The third-order valence-corrected chi connectivity index (χ3v) is 2.77. The first kappa shape index (κ1) is 13.3. The van der Waals surface area contributed by atoms with E-state index in [0.717, 1.165) is 0 Å². The zero-order valence-electron chi connectivity index (χ0n) is 10.5. The van der Waals surface area contributed by atoms with E-state index in [9.17, 15) is 4.79 Å². The summed E-state index contributed by atoms with van der Waals surface area (Å²) in [7, 11) is 3.08. The zero-order chi connectivity index (χ0) is 13.8. The Labute approximate surface area is 115 Å². The smallest absolute Gasteiger partial charge is 0.272 e. The quantitative estimate of drug-likeness (QED) is 0.905. The average Bonchev–Trinajstić information content (AvgIpc) is 2.85. The minimum atomic E-state index is -0.307. The summed E-state index contributed by atoms with van der Waals surface area (Å²) >= 11 is 5.76. The summed E-state index contributed by atoms with van der Waals surface area (Å²) in [6, 6.07) is 6.70. The van der Waals surface area contributed by atoms with Gasteiger partial charge in [-0.2, -0.15) is 0 Å². The fourth-order valence-corrected chi connectivity index (χ4v) is 1.76. The summed E-state index contributed by atoms with van der Waals surface area (Å²) in [6.45, 7) is 0. The van der Waals surface area contributed by atoms with E-state index in [1.54, 1.807) is 37.6 Å². The van der Waals surface area contributed by atoms with E-state index in [-0.39, 0.29) is 5.91 Å². The second-order valence-corrected chi connectivity index (χ2v) is 4.19. The van der Waals surface area contributed by atoms with Crippen LogP contribution in [0.3, 0.4) is 0 Å². The number of hydrogen-bond acceptors (Lipinski definition) is 3. The Bertz CT molecular complexity index is 595. The van der Waals surface area contributed by atoms with Crippen molar-refractivity contribution in [3.8, 4) is 11.5 Å². The second-order valence-electron chi connectivity index (χ2n) is 3.75. The molecule has 1 heterocycles. The molecule has 2 rings (SSSR count). The number of anilines is 1. The molecule has 0 aliphatic heterocycles. The van der Waals surface area contributed by atoms with Crippen LogP contribution >= 0.6 is 11.6 Å². The van der Waals surface area contributed by atoms with Crippen LogP contribution in [0.1, 0.15) is 10.5 Å². The summed E-state index contributed by atoms with van der Waals surface area (Å²) in [5, 5.41) is 3.21. The average molecular weight is 281 g/mol. The molecule has 0 bridgehead atoms. The fourth-order valence-electron chi connectivity index (χ4n) is 1.60. The predicted molar refractivity (Wildman–Crippen MR) is 73.3 cm³/mol. The topological polar surface area (TPSA) is 63.4 Å². The van der Waals surface area contributed by atoms with Crippen LogP contribution in [0.15, 0.2) is 30.5 Å². The van der Waals surface area contributed by atoms with Gasteiger partial charge in [-0.25, -0.2) is 0 Å². The van der Waals surface area contributed by atoms with Gasteiger partial charge in [0.05, 0.1) is 24.9 Å². The Morgan fingerprint density at radius 3 is 2.63 bits per heavy atom. The van der Waals surface area contributed by atoms with E-state index < -0.39 is 0 Å². The van der Waals surface area contributed by atoms with Gasteiger partial charge < -0.3 is 19.8 Å². The van der Waals surface area contributed by atoms with Crippen molar-refractivity contribution in [2.45, 2.75) is 0 Å². The van der Waals surface area contributed by atoms with Crippen molar-refractivity contribution < 1.29 is 14.3 Å². The lowest BCUT2D eigenvalue weighted by molar-refractivity contribution is 0.102. The Kier molecular flexibility index (Phi) is 3.97. The van der Waals surface area contributed by atoms with Crippen molar-refractivity contribution in [3.05, 3.63) is 41.2 Å². The summed E-state index contributed by atoms with van der Waals surface area (Å²) in [4.78, 5) is 14.8. The third-order valence-electron chi connectivity index (χ3n) is 2.55. The number of H-pyrrole nitrogens is 1. The number of amides is 1. The lowest BCUT2D eigenvalue weighted by atomic mass is 10.2.